The second-order valence-electron chi connectivity index (χ2n) is 9.91. The Morgan fingerprint density at radius 3 is 2.72 bits per heavy atom. The molecule has 0 saturated carbocycles. The first kappa shape index (κ1) is 22.9. The first-order valence-corrected chi connectivity index (χ1v) is 12.8. The highest BCUT2D eigenvalue weighted by molar-refractivity contribution is 5.99. The van der Waals surface area contributed by atoms with Gasteiger partial charge in [-0.3, -0.25) is 19.6 Å². The highest BCUT2D eigenvalue weighted by Crippen LogP contribution is 2.27. The fraction of sp³-hybridized carbons (Fsp3) is 0.393. The summed E-state index contributed by atoms with van der Waals surface area (Å²) in [7, 11) is 0. The van der Waals surface area contributed by atoms with E-state index in [1.165, 1.54) is 0 Å². The molecular weight excluding hydrogens is 452 g/mol. The minimum atomic E-state index is -0.0807. The number of allylic oxidation sites excluding steroid dienone is 6. The minimum absolute atomic E-state index is 0.0807. The fourth-order valence-corrected chi connectivity index (χ4v) is 5.42. The van der Waals surface area contributed by atoms with Gasteiger partial charge in [-0.05, 0) is 44.6 Å². The topological polar surface area (TPSA) is 66.2 Å². The van der Waals surface area contributed by atoms with E-state index in [2.05, 4.69) is 34.7 Å². The molecule has 0 aliphatic carbocycles. The van der Waals surface area contributed by atoms with Crippen molar-refractivity contribution >= 4 is 17.0 Å². The molecule has 6 rings (SSSR count). The molecule has 0 N–H and O–H groups in total. The molecule has 0 bridgehead atoms. The second kappa shape index (κ2) is 9.19. The Balaban J connectivity index is 1.26. The molecule has 0 spiro atoms. The third-order valence-electron chi connectivity index (χ3n) is 7.44. The number of aromatic nitrogens is 3. The Bertz CT molecular complexity index is 1360. The molecule has 8 heteroatoms. The summed E-state index contributed by atoms with van der Waals surface area (Å²) in [4.78, 5) is 24.8. The number of hydrogen-bond acceptors (Lipinski definition) is 6. The smallest absolute Gasteiger partial charge is 0.255 e. The molecule has 8 nitrogen and oxygen atoms in total. The summed E-state index contributed by atoms with van der Waals surface area (Å²) in [6.45, 7) is 10.9. The summed E-state index contributed by atoms with van der Waals surface area (Å²) >= 11 is 0. The summed E-state index contributed by atoms with van der Waals surface area (Å²) in [5.74, 6) is -0.0807. The van der Waals surface area contributed by atoms with Crippen LogP contribution in [0.5, 0.6) is 0 Å². The average molecular weight is 485 g/mol. The van der Waals surface area contributed by atoms with Gasteiger partial charge in [0.15, 0.2) is 0 Å². The summed E-state index contributed by atoms with van der Waals surface area (Å²) in [5.41, 5.74) is 6.38. The molecule has 6 heterocycles. The molecule has 4 aliphatic heterocycles. The normalized spacial score (nSPS) is 26.9. The Morgan fingerprint density at radius 2 is 1.97 bits per heavy atom. The van der Waals surface area contributed by atoms with Crippen molar-refractivity contribution in [3.63, 3.8) is 0 Å². The monoisotopic (exact) mass is 484 g/mol. The van der Waals surface area contributed by atoms with Crippen LogP contribution in [0.15, 0.2) is 66.3 Å². The molecule has 2 aromatic heterocycles. The number of carbonyl (C=O) groups excluding carboxylic acids is 1. The minimum Gasteiger partial charge on any atom is -0.378 e. The van der Waals surface area contributed by atoms with E-state index in [0.717, 1.165) is 78.8 Å². The molecule has 1 amide bonds. The van der Waals surface area contributed by atoms with Crippen LogP contribution >= 0.6 is 0 Å². The van der Waals surface area contributed by atoms with Crippen LogP contribution in [0.3, 0.4) is 0 Å². The zero-order valence-electron chi connectivity index (χ0n) is 21.1. The molecule has 1 atom stereocenters. The van der Waals surface area contributed by atoms with Crippen LogP contribution in [-0.2, 0) is 16.0 Å². The van der Waals surface area contributed by atoms with Crippen LogP contribution in [0.25, 0.3) is 11.1 Å². The van der Waals surface area contributed by atoms with Gasteiger partial charge in [0, 0.05) is 49.2 Å². The van der Waals surface area contributed by atoms with Crippen molar-refractivity contribution in [2.24, 2.45) is 0 Å². The van der Waals surface area contributed by atoms with Crippen LogP contribution in [0.2, 0.25) is 0 Å². The van der Waals surface area contributed by atoms with Crippen molar-refractivity contribution in [1.82, 2.24) is 29.3 Å². The van der Waals surface area contributed by atoms with E-state index in [4.69, 9.17) is 9.84 Å². The number of nitrogens with zero attached hydrogens (tertiary/aromatic N) is 6. The molecule has 186 valence electrons. The van der Waals surface area contributed by atoms with Gasteiger partial charge in [0.2, 0.25) is 0 Å². The van der Waals surface area contributed by atoms with Crippen LogP contribution in [0, 0.1) is 6.92 Å². The van der Waals surface area contributed by atoms with Gasteiger partial charge in [-0.1, -0.05) is 19.1 Å². The second-order valence-corrected chi connectivity index (χ2v) is 9.91. The highest BCUT2D eigenvalue weighted by atomic mass is 16.5. The van der Waals surface area contributed by atoms with Gasteiger partial charge in [-0.15, -0.1) is 0 Å². The van der Waals surface area contributed by atoms with Gasteiger partial charge in [0.1, 0.15) is 0 Å². The maximum absolute atomic E-state index is 13.5. The third kappa shape index (κ3) is 4.10. The standard InChI is InChI=1S/C28H32N6O2/c1-4-25-27-13-26(30-34(27)14-19(2)29-25)21-6-5-7-22-8-9-23(16-33(22)28(35)12-21)31-10-11-32(20(3)15-31)24-17-36-18-24/h5-9,12-14,16,20,24H,4,10-11,15,17-18H2,1-3H3/b6-5+,21-12+,22-7+/t20-/m1/s1. The molecule has 0 radical (unpaired) electrons. The van der Waals surface area contributed by atoms with Crippen molar-refractivity contribution in [2.75, 3.05) is 32.8 Å². The van der Waals surface area contributed by atoms with Crippen molar-refractivity contribution in [3.05, 3.63) is 83.4 Å². The first-order chi connectivity index (χ1) is 17.5. The lowest BCUT2D eigenvalue weighted by Gasteiger charge is -2.47. The lowest BCUT2D eigenvalue weighted by molar-refractivity contribution is -0.122. The molecule has 0 unspecified atom stereocenters. The number of piperazine rings is 1. The molecule has 2 aromatic rings. The van der Waals surface area contributed by atoms with Crippen LogP contribution in [-0.4, -0.2) is 80.1 Å². The van der Waals surface area contributed by atoms with Gasteiger partial charge in [-0.25, -0.2) is 4.52 Å². The van der Waals surface area contributed by atoms with Gasteiger partial charge >= 0.3 is 0 Å². The predicted octanol–water partition coefficient (Wildman–Crippen LogP) is 3.08. The zero-order valence-corrected chi connectivity index (χ0v) is 21.1. The van der Waals surface area contributed by atoms with Gasteiger partial charge in [-0.2, -0.15) is 5.10 Å². The number of rotatable bonds is 4. The number of carbonyl (C=O) groups is 1. The summed E-state index contributed by atoms with van der Waals surface area (Å²) in [5, 5.41) is 4.76. The summed E-state index contributed by atoms with van der Waals surface area (Å²) < 4.78 is 7.27. The average Bonchev–Trinajstić information content (AvgIpc) is 3.25. The number of ether oxygens (including phenoxy) is 1. The summed E-state index contributed by atoms with van der Waals surface area (Å²) in [6, 6.07) is 3.01. The third-order valence-corrected chi connectivity index (χ3v) is 7.44. The quantitative estimate of drug-likeness (QED) is 0.665. The van der Waals surface area contributed by atoms with Gasteiger partial charge in [0.25, 0.3) is 5.91 Å². The Labute approximate surface area is 211 Å². The zero-order chi connectivity index (χ0) is 24.8. The highest BCUT2D eigenvalue weighted by Gasteiger charge is 2.34. The number of amides is 1. The largest absolute Gasteiger partial charge is 0.378 e. The van der Waals surface area contributed by atoms with E-state index >= 15 is 0 Å². The van der Waals surface area contributed by atoms with E-state index in [1.807, 2.05) is 54.2 Å². The molecule has 2 fully saturated rings. The lowest BCUT2D eigenvalue weighted by atomic mass is 10.1. The van der Waals surface area contributed by atoms with Crippen molar-refractivity contribution in [2.45, 2.75) is 39.3 Å². The Kier molecular flexibility index (Phi) is 5.85. The van der Waals surface area contributed by atoms with E-state index in [1.54, 1.807) is 11.0 Å². The SMILES string of the molecule is CCc1nc(C)cn2nc(C3=C\C(=O)N4C=C(N5CCN(C6COC6)[C@H](C)C5)C=C\C4=C/C=C/3)cc12. The van der Waals surface area contributed by atoms with Crippen molar-refractivity contribution < 1.29 is 9.53 Å². The fourth-order valence-electron chi connectivity index (χ4n) is 5.42. The molecule has 36 heavy (non-hydrogen) atoms. The van der Waals surface area contributed by atoms with Crippen LogP contribution in [0.1, 0.15) is 30.9 Å². The van der Waals surface area contributed by atoms with Crippen molar-refractivity contribution in [1.29, 1.82) is 0 Å². The number of aryl methyl sites for hydroxylation is 2. The number of fused-ring (bicyclic) bond motifs is 2. The molecule has 2 saturated heterocycles. The molecular formula is C28H32N6O2. The summed E-state index contributed by atoms with van der Waals surface area (Å²) in [6.07, 6.45) is 16.5. The van der Waals surface area contributed by atoms with E-state index in [9.17, 15) is 4.79 Å². The molecule has 4 aliphatic rings. The van der Waals surface area contributed by atoms with E-state index < -0.39 is 0 Å². The van der Waals surface area contributed by atoms with Crippen molar-refractivity contribution in [3.8, 4) is 0 Å². The maximum Gasteiger partial charge on any atom is 0.255 e. The van der Waals surface area contributed by atoms with Crippen LogP contribution < -0.4 is 0 Å². The maximum atomic E-state index is 13.5. The van der Waals surface area contributed by atoms with Gasteiger partial charge in [0.05, 0.1) is 53.7 Å². The Hall–Kier alpha value is -3.49. The first-order valence-electron chi connectivity index (χ1n) is 12.8. The number of hydrogen-bond donors (Lipinski definition) is 0. The van der Waals surface area contributed by atoms with Gasteiger partial charge < -0.3 is 9.64 Å². The van der Waals surface area contributed by atoms with Crippen LogP contribution in [0.4, 0.5) is 0 Å². The lowest BCUT2D eigenvalue weighted by Crippen LogP contribution is -2.60. The predicted molar refractivity (Wildman–Crippen MR) is 139 cm³/mol. The van der Waals surface area contributed by atoms with E-state index in [0.29, 0.717) is 12.1 Å². The Morgan fingerprint density at radius 1 is 1.14 bits per heavy atom. The molecule has 0 aromatic carbocycles. The van der Waals surface area contributed by atoms with E-state index in [-0.39, 0.29) is 5.91 Å².